The summed E-state index contributed by atoms with van der Waals surface area (Å²) < 4.78 is 0. The second-order valence-corrected chi connectivity index (χ2v) is 9.60. The molecule has 3 unspecified atom stereocenters. The third-order valence-electron chi connectivity index (χ3n) is 8.25. The number of carbonyl (C=O) groups is 1. The lowest BCUT2D eigenvalue weighted by Gasteiger charge is -2.61. The van der Waals surface area contributed by atoms with Gasteiger partial charge in [-0.25, -0.2) is 4.79 Å². The number of aliphatic imine (C=N–C) groups is 1. The van der Waals surface area contributed by atoms with Crippen LogP contribution in [0, 0.1) is 40.4 Å². The van der Waals surface area contributed by atoms with Crippen molar-refractivity contribution in [3.63, 3.8) is 0 Å². The molecule has 3 heteroatoms. The SMILES string of the molecule is CC(C)C1CC[C@H]2C(CCC3[C@](C)(C(=O)N=C=O)CCC[C@@]32C)C1. The average Bonchev–Trinajstić information content (AvgIpc) is 2.54. The van der Waals surface area contributed by atoms with E-state index in [-0.39, 0.29) is 11.3 Å². The zero-order valence-electron chi connectivity index (χ0n) is 15.8. The van der Waals surface area contributed by atoms with Crippen molar-refractivity contribution in [2.75, 3.05) is 0 Å². The molecule has 6 atom stereocenters. The molecule has 0 aliphatic heterocycles. The topological polar surface area (TPSA) is 46.5 Å². The Morgan fingerprint density at radius 3 is 2.54 bits per heavy atom. The number of hydrogen-bond donors (Lipinski definition) is 0. The van der Waals surface area contributed by atoms with Crippen molar-refractivity contribution in [2.45, 2.75) is 79.1 Å². The van der Waals surface area contributed by atoms with Crippen molar-refractivity contribution in [3.05, 3.63) is 0 Å². The molecule has 0 aromatic heterocycles. The summed E-state index contributed by atoms with van der Waals surface area (Å²) in [5.41, 5.74) is -0.212. The maximum Gasteiger partial charge on any atom is 0.262 e. The third kappa shape index (κ3) is 2.69. The van der Waals surface area contributed by atoms with E-state index < -0.39 is 5.41 Å². The molecule has 24 heavy (non-hydrogen) atoms. The first-order valence-corrected chi connectivity index (χ1v) is 9.95. The van der Waals surface area contributed by atoms with Gasteiger partial charge in [0.05, 0.1) is 5.41 Å². The fourth-order valence-corrected chi connectivity index (χ4v) is 6.90. The lowest BCUT2D eigenvalue weighted by Crippen LogP contribution is -2.55. The first kappa shape index (κ1) is 17.9. The molecular formula is C21H33NO2. The molecule has 3 aliphatic rings. The summed E-state index contributed by atoms with van der Waals surface area (Å²) >= 11 is 0. The van der Waals surface area contributed by atoms with Crippen LogP contribution in [0.3, 0.4) is 0 Å². The Labute approximate surface area is 146 Å². The number of nitrogens with zero attached hydrogens (tertiary/aromatic N) is 1. The molecule has 1 amide bonds. The predicted molar refractivity (Wildman–Crippen MR) is 95.1 cm³/mol. The fraction of sp³-hybridized carbons (Fsp3) is 0.905. The van der Waals surface area contributed by atoms with Crippen molar-refractivity contribution in [3.8, 4) is 0 Å². The summed E-state index contributed by atoms with van der Waals surface area (Å²) in [5.74, 6) is 3.40. The van der Waals surface area contributed by atoms with Crippen LogP contribution in [0.2, 0.25) is 0 Å². The summed E-state index contributed by atoms with van der Waals surface area (Å²) in [6.07, 6.45) is 11.1. The second-order valence-electron chi connectivity index (χ2n) is 9.60. The summed E-state index contributed by atoms with van der Waals surface area (Å²) in [7, 11) is 0. The molecule has 3 fully saturated rings. The zero-order chi connectivity index (χ0) is 17.5. The minimum atomic E-state index is -0.454. The lowest BCUT2D eigenvalue weighted by atomic mass is 9.43. The molecule has 3 rings (SSSR count). The molecular weight excluding hydrogens is 298 g/mol. The maximum absolute atomic E-state index is 12.6. The summed E-state index contributed by atoms with van der Waals surface area (Å²) in [4.78, 5) is 26.8. The summed E-state index contributed by atoms with van der Waals surface area (Å²) in [5, 5.41) is 0. The smallest absolute Gasteiger partial charge is 0.262 e. The van der Waals surface area contributed by atoms with Gasteiger partial charge >= 0.3 is 0 Å². The van der Waals surface area contributed by atoms with E-state index in [1.54, 1.807) is 0 Å². The number of isocyanates is 1. The Morgan fingerprint density at radius 1 is 1.12 bits per heavy atom. The van der Waals surface area contributed by atoms with Gasteiger partial charge < -0.3 is 0 Å². The monoisotopic (exact) mass is 331 g/mol. The Hall–Kier alpha value is -0.950. The van der Waals surface area contributed by atoms with Crippen LogP contribution in [0.1, 0.15) is 79.1 Å². The standard InChI is InChI=1S/C21H33NO2/c1-14(2)15-6-8-17-16(12-15)7-9-18-20(17,3)10-5-11-21(18,4)19(24)22-13-23/h14-18H,5-12H2,1-4H3/t15?,16?,17-,18?,20+,21+/m0/s1. The van der Waals surface area contributed by atoms with Gasteiger partial charge in [0.15, 0.2) is 0 Å². The molecule has 0 heterocycles. The Bertz CT molecular complexity index is 550. The molecule has 134 valence electrons. The van der Waals surface area contributed by atoms with Gasteiger partial charge in [0.25, 0.3) is 5.91 Å². The molecule has 0 bridgehead atoms. The predicted octanol–water partition coefficient (Wildman–Crippen LogP) is 5.14. The van der Waals surface area contributed by atoms with E-state index in [2.05, 4.69) is 32.7 Å². The maximum atomic E-state index is 12.6. The molecule has 3 saturated carbocycles. The minimum Gasteiger partial charge on any atom is -0.271 e. The van der Waals surface area contributed by atoms with Gasteiger partial charge in [0.1, 0.15) is 0 Å². The molecule has 0 spiro atoms. The van der Waals surface area contributed by atoms with Crippen LogP contribution < -0.4 is 0 Å². The van der Waals surface area contributed by atoms with Crippen LogP contribution in [0.5, 0.6) is 0 Å². The van der Waals surface area contributed by atoms with Gasteiger partial charge in [-0.1, -0.05) is 34.1 Å². The van der Waals surface area contributed by atoms with Crippen LogP contribution in [0.4, 0.5) is 0 Å². The van der Waals surface area contributed by atoms with Gasteiger partial charge in [-0.15, -0.1) is 4.99 Å². The third-order valence-corrected chi connectivity index (χ3v) is 8.25. The highest BCUT2D eigenvalue weighted by molar-refractivity contribution is 5.87. The first-order chi connectivity index (χ1) is 11.3. The van der Waals surface area contributed by atoms with Gasteiger partial charge in [-0.05, 0) is 80.0 Å². The van der Waals surface area contributed by atoms with Gasteiger partial charge in [0, 0.05) is 0 Å². The Kier molecular flexibility index (Phi) is 4.77. The minimum absolute atomic E-state index is 0.220. The Morgan fingerprint density at radius 2 is 1.88 bits per heavy atom. The lowest BCUT2D eigenvalue weighted by molar-refractivity contribution is -0.153. The van der Waals surface area contributed by atoms with Crippen LogP contribution in [-0.4, -0.2) is 12.0 Å². The van der Waals surface area contributed by atoms with E-state index in [9.17, 15) is 9.59 Å². The van der Waals surface area contributed by atoms with Gasteiger partial charge in [-0.2, -0.15) is 0 Å². The largest absolute Gasteiger partial charge is 0.271 e. The number of carbonyl (C=O) groups excluding carboxylic acids is 2. The average molecular weight is 332 g/mol. The van der Waals surface area contributed by atoms with Crippen LogP contribution in [0.25, 0.3) is 0 Å². The van der Waals surface area contributed by atoms with E-state index in [0.29, 0.717) is 5.92 Å². The molecule has 3 nitrogen and oxygen atoms in total. The highest BCUT2D eigenvalue weighted by Gasteiger charge is 2.59. The second kappa shape index (κ2) is 6.41. The summed E-state index contributed by atoms with van der Waals surface area (Å²) in [6.45, 7) is 9.25. The number of hydrogen-bond acceptors (Lipinski definition) is 2. The van der Waals surface area contributed by atoms with Crippen molar-refractivity contribution in [1.29, 1.82) is 0 Å². The molecule has 3 aliphatic carbocycles. The number of fused-ring (bicyclic) bond motifs is 3. The number of amides is 1. The molecule has 0 saturated heterocycles. The van der Waals surface area contributed by atoms with Crippen molar-refractivity contribution < 1.29 is 9.59 Å². The van der Waals surface area contributed by atoms with Gasteiger partial charge in [0.2, 0.25) is 6.08 Å². The van der Waals surface area contributed by atoms with Crippen molar-refractivity contribution >= 4 is 12.0 Å². The van der Waals surface area contributed by atoms with E-state index in [1.165, 1.54) is 38.2 Å². The Balaban J connectivity index is 1.87. The number of rotatable bonds is 2. The highest BCUT2D eigenvalue weighted by Crippen LogP contribution is 2.64. The quantitative estimate of drug-likeness (QED) is 0.519. The molecule has 0 N–H and O–H groups in total. The van der Waals surface area contributed by atoms with Crippen LogP contribution >= 0.6 is 0 Å². The summed E-state index contributed by atoms with van der Waals surface area (Å²) in [6, 6.07) is 0. The molecule has 0 aromatic carbocycles. The normalized spacial score (nSPS) is 45.0. The van der Waals surface area contributed by atoms with E-state index in [1.807, 2.05) is 0 Å². The van der Waals surface area contributed by atoms with E-state index >= 15 is 0 Å². The van der Waals surface area contributed by atoms with Crippen molar-refractivity contribution in [1.82, 2.24) is 0 Å². The fourth-order valence-electron chi connectivity index (χ4n) is 6.90. The molecule has 0 radical (unpaired) electrons. The highest BCUT2D eigenvalue weighted by atomic mass is 16.2. The molecule has 0 aromatic rings. The van der Waals surface area contributed by atoms with Crippen molar-refractivity contribution in [2.24, 2.45) is 45.4 Å². The van der Waals surface area contributed by atoms with Crippen LogP contribution in [-0.2, 0) is 9.59 Å². The first-order valence-electron chi connectivity index (χ1n) is 9.95. The van der Waals surface area contributed by atoms with E-state index in [0.717, 1.165) is 42.9 Å². The van der Waals surface area contributed by atoms with Crippen LogP contribution in [0.15, 0.2) is 4.99 Å². The van der Waals surface area contributed by atoms with E-state index in [4.69, 9.17) is 0 Å². The van der Waals surface area contributed by atoms with Gasteiger partial charge in [-0.3, -0.25) is 4.79 Å². The zero-order valence-corrected chi connectivity index (χ0v) is 15.8.